The van der Waals surface area contributed by atoms with E-state index in [9.17, 15) is 14.4 Å². The first kappa shape index (κ1) is 27.4. The van der Waals surface area contributed by atoms with Crippen LogP contribution in [-0.4, -0.2) is 70.1 Å². The predicted octanol–water partition coefficient (Wildman–Crippen LogP) is 4.88. The number of nitrogens with one attached hydrogen (secondary N) is 1. The number of H-pyrrole nitrogens is 1. The van der Waals surface area contributed by atoms with Crippen molar-refractivity contribution in [1.82, 2.24) is 19.4 Å². The van der Waals surface area contributed by atoms with Crippen LogP contribution in [0, 0.1) is 5.92 Å². The minimum atomic E-state index is -0.390. The highest BCUT2D eigenvalue weighted by Gasteiger charge is 2.43. The van der Waals surface area contributed by atoms with Crippen LogP contribution >= 0.6 is 11.8 Å². The smallest absolute Gasteiger partial charge is 0.326 e. The molecule has 2 aliphatic rings. The number of carbonyl (C=O) groups is 2. The van der Waals surface area contributed by atoms with Gasteiger partial charge in [0.15, 0.2) is 0 Å². The maximum absolute atomic E-state index is 13.6. The van der Waals surface area contributed by atoms with Crippen LogP contribution in [0.4, 0.5) is 5.69 Å². The Bertz CT molecular complexity index is 1400. The monoisotopic (exact) mass is 551 g/mol. The van der Waals surface area contributed by atoms with Gasteiger partial charge in [-0.05, 0) is 43.4 Å². The molecule has 2 amide bonds. The second-order valence-corrected chi connectivity index (χ2v) is 12.6. The number of imidazole rings is 1. The second kappa shape index (κ2) is 11.5. The molecule has 2 aromatic carbocycles. The average Bonchev–Trinajstić information content (AvgIpc) is 3.42. The van der Waals surface area contributed by atoms with Gasteiger partial charge in [0, 0.05) is 58.9 Å². The number of hydrogen-bond donors (Lipinski definition) is 1. The molecule has 0 aliphatic carbocycles. The van der Waals surface area contributed by atoms with Gasteiger partial charge in [0.25, 0.3) is 0 Å². The number of benzene rings is 2. The van der Waals surface area contributed by atoms with Crippen LogP contribution in [-0.2, 0) is 9.59 Å². The van der Waals surface area contributed by atoms with Gasteiger partial charge in [0.05, 0.1) is 16.3 Å². The van der Waals surface area contributed by atoms with Gasteiger partial charge in [-0.25, -0.2) is 4.79 Å². The first-order valence-corrected chi connectivity index (χ1v) is 14.9. The molecule has 2 atom stereocenters. The Labute approximate surface area is 235 Å². The molecule has 210 valence electrons. The van der Waals surface area contributed by atoms with Crippen molar-refractivity contribution < 1.29 is 11.0 Å². The minimum Gasteiger partial charge on any atom is -0.377 e. The zero-order valence-electron chi connectivity index (χ0n) is 23.3. The second-order valence-electron chi connectivity index (χ2n) is 11.3. The summed E-state index contributed by atoms with van der Waals surface area (Å²) in [5.74, 6) is 0.572. The standard InChI is InChI=1S/C30H39N5O3S.H2/c1-20(2)13-18-34-28(37)26(39-29(34)22-9-5-7-11-24(22)32(3)4)19-27(36)33-16-14-21(15-17-33)35-25-12-8-6-10-23(25)31-30(35)38;/h5-12,20-21,26,29H,13-19H2,1-4H3,(H,31,38);1H. The lowest BCUT2D eigenvalue weighted by Gasteiger charge is -2.33. The lowest BCUT2D eigenvalue weighted by atomic mass is 10.0. The third-order valence-corrected chi connectivity index (χ3v) is 9.40. The first-order valence-electron chi connectivity index (χ1n) is 13.9. The molecule has 2 fully saturated rings. The molecule has 2 saturated heterocycles. The van der Waals surface area contributed by atoms with E-state index in [0.29, 0.717) is 25.6 Å². The number of anilines is 1. The van der Waals surface area contributed by atoms with Crippen molar-refractivity contribution in [3.05, 3.63) is 64.6 Å². The van der Waals surface area contributed by atoms with Crippen molar-refractivity contribution in [2.24, 2.45) is 5.92 Å². The van der Waals surface area contributed by atoms with Gasteiger partial charge in [0.1, 0.15) is 5.37 Å². The molecule has 2 unspecified atom stereocenters. The maximum atomic E-state index is 13.6. The third kappa shape index (κ3) is 5.60. The fourth-order valence-electron chi connectivity index (χ4n) is 5.79. The van der Waals surface area contributed by atoms with Gasteiger partial charge in [-0.3, -0.25) is 14.2 Å². The van der Waals surface area contributed by atoms with Gasteiger partial charge in [-0.2, -0.15) is 0 Å². The highest BCUT2D eigenvalue weighted by atomic mass is 32.2. The molecule has 0 bridgehead atoms. The lowest BCUT2D eigenvalue weighted by molar-refractivity contribution is -0.136. The number of aromatic amines is 1. The van der Waals surface area contributed by atoms with Crippen molar-refractivity contribution in [2.75, 3.05) is 38.6 Å². The topological polar surface area (TPSA) is 81.6 Å². The Hall–Kier alpha value is -3.20. The third-order valence-electron chi connectivity index (χ3n) is 7.93. The summed E-state index contributed by atoms with van der Waals surface area (Å²) >= 11 is 1.61. The van der Waals surface area contributed by atoms with Gasteiger partial charge >= 0.3 is 5.69 Å². The largest absolute Gasteiger partial charge is 0.377 e. The Morgan fingerprint density at radius 2 is 1.77 bits per heavy atom. The molecule has 3 aromatic rings. The van der Waals surface area contributed by atoms with Crippen molar-refractivity contribution in [3.8, 4) is 0 Å². The Balaban J connectivity index is 0.00000370. The summed E-state index contributed by atoms with van der Waals surface area (Å²) in [5, 5.41) is -0.494. The summed E-state index contributed by atoms with van der Waals surface area (Å²) in [4.78, 5) is 48.6. The highest BCUT2D eigenvalue weighted by Crippen LogP contribution is 2.47. The van der Waals surface area contributed by atoms with Gasteiger partial charge in [-0.15, -0.1) is 11.8 Å². The van der Waals surface area contributed by atoms with Gasteiger partial charge < -0.3 is 19.7 Å². The number of rotatable bonds is 8. The van der Waals surface area contributed by atoms with E-state index in [1.54, 1.807) is 11.8 Å². The molecular weight excluding hydrogens is 510 g/mol. The molecule has 3 heterocycles. The highest BCUT2D eigenvalue weighted by molar-refractivity contribution is 8.01. The number of fused-ring (bicyclic) bond motifs is 1. The SMILES string of the molecule is CC(C)CCN1C(=O)C(CC(=O)N2CCC(n3c(=O)[nH]c4ccccc43)CC2)SC1c1ccccc1N(C)C.[HH]. The lowest BCUT2D eigenvalue weighted by Crippen LogP contribution is -2.42. The Kier molecular flexibility index (Phi) is 8.07. The number of aromatic nitrogens is 2. The molecule has 0 spiro atoms. The number of hydrogen-bond acceptors (Lipinski definition) is 5. The van der Waals surface area contributed by atoms with E-state index in [1.165, 1.54) is 0 Å². The first-order chi connectivity index (χ1) is 18.7. The number of thioether (sulfide) groups is 1. The van der Waals surface area contributed by atoms with Crippen molar-refractivity contribution in [2.45, 2.75) is 56.2 Å². The van der Waals surface area contributed by atoms with Crippen LogP contribution < -0.4 is 10.6 Å². The molecule has 2 aliphatic heterocycles. The molecular formula is C30H41N5O3S. The van der Waals surface area contributed by atoms with E-state index in [1.807, 2.05) is 64.9 Å². The average molecular weight is 552 g/mol. The Morgan fingerprint density at radius 3 is 2.49 bits per heavy atom. The summed E-state index contributed by atoms with van der Waals surface area (Å²) < 4.78 is 1.84. The molecule has 5 rings (SSSR count). The molecule has 0 saturated carbocycles. The number of likely N-dealkylation sites (tertiary alicyclic amines) is 1. The zero-order chi connectivity index (χ0) is 27.7. The number of piperidine rings is 1. The molecule has 39 heavy (non-hydrogen) atoms. The van der Waals surface area contributed by atoms with E-state index in [-0.39, 0.29) is 42.0 Å². The van der Waals surface area contributed by atoms with E-state index in [0.717, 1.165) is 41.5 Å². The summed E-state index contributed by atoms with van der Waals surface area (Å²) in [7, 11) is 4.04. The van der Waals surface area contributed by atoms with Crippen molar-refractivity contribution in [1.29, 1.82) is 0 Å². The molecule has 1 aromatic heterocycles. The zero-order valence-corrected chi connectivity index (χ0v) is 24.1. The quantitative estimate of drug-likeness (QED) is 0.431. The normalized spacial score (nSPS) is 20.4. The summed E-state index contributed by atoms with van der Waals surface area (Å²) in [6, 6.07) is 16.0. The Morgan fingerprint density at radius 1 is 1.08 bits per heavy atom. The fourth-order valence-corrected chi connectivity index (χ4v) is 7.29. The molecule has 9 heteroatoms. The van der Waals surface area contributed by atoms with Crippen molar-refractivity contribution >= 4 is 40.3 Å². The predicted molar refractivity (Wildman–Crippen MR) is 160 cm³/mol. The van der Waals surface area contributed by atoms with E-state index >= 15 is 0 Å². The van der Waals surface area contributed by atoms with Crippen LogP contribution in [0.5, 0.6) is 0 Å². The van der Waals surface area contributed by atoms with Crippen LogP contribution in [0.3, 0.4) is 0 Å². The number of carbonyl (C=O) groups excluding carboxylic acids is 2. The maximum Gasteiger partial charge on any atom is 0.326 e. The molecule has 8 nitrogen and oxygen atoms in total. The molecule has 1 N–H and O–H groups in total. The summed E-state index contributed by atoms with van der Waals surface area (Å²) in [6.45, 7) is 6.21. The van der Waals surface area contributed by atoms with E-state index in [2.05, 4.69) is 35.9 Å². The van der Waals surface area contributed by atoms with E-state index < -0.39 is 0 Å². The van der Waals surface area contributed by atoms with Crippen molar-refractivity contribution in [3.63, 3.8) is 0 Å². The van der Waals surface area contributed by atoms with Crippen LogP contribution in [0.25, 0.3) is 11.0 Å². The van der Waals surface area contributed by atoms with Crippen LogP contribution in [0.1, 0.15) is 57.9 Å². The number of nitrogens with zero attached hydrogens (tertiary/aromatic N) is 4. The van der Waals surface area contributed by atoms with Gasteiger partial charge in [0.2, 0.25) is 11.8 Å². The number of amides is 2. The fraction of sp³-hybridized carbons (Fsp3) is 0.500. The van der Waals surface area contributed by atoms with Crippen LogP contribution in [0.2, 0.25) is 0 Å². The van der Waals surface area contributed by atoms with Gasteiger partial charge in [-0.1, -0.05) is 44.2 Å². The van der Waals surface area contributed by atoms with E-state index in [4.69, 9.17) is 0 Å². The van der Waals surface area contributed by atoms with Crippen LogP contribution in [0.15, 0.2) is 53.3 Å². The summed E-state index contributed by atoms with van der Waals surface area (Å²) in [5.41, 5.74) is 3.86. The minimum absolute atomic E-state index is 0. The summed E-state index contributed by atoms with van der Waals surface area (Å²) in [6.07, 6.45) is 2.57. The molecule has 0 radical (unpaired) electrons. The number of para-hydroxylation sites is 3.